The minimum atomic E-state index is -0.142. The first-order valence-electron chi connectivity index (χ1n) is 6.63. The van der Waals surface area contributed by atoms with Crippen LogP contribution in [-0.4, -0.2) is 13.1 Å². The molecular formula is C16H24O2. The lowest BCUT2D eigenvalue weighted by Crippen LogP contribution is -2.16. The monoisotopic (exact) mass is 248 g/mol. The average Bonchev–Trinajstić information content (AvgIpc) is 2.35. The van der Waals surface area contributed by atoms with E-state index in [1.54, 1.807) is 0 Å². The molecule has 2 heteroatoms. The van der Waals surface area contributed by atoms with Crippen LogP contribution in [-0.2, 0) is 9.53 Å². The molecule has 100 valence electrons. The molecule has 0 bridgehead atoms. The first-order valence-corrected chi connectivity index (χ1v) is 6.63. The third-order valence-electron chi connectivity index (χ3n) is 3.20. The molecule has 0 aromatic heterocycles. The summed E-state index contributed by atoms with van der Waals surface area (Å²) < 4.78 is 4.91. The highest BCUT2D eigenvalue weighted by molar-refractivity contribution is 5.78. The summed E-state index contributed by atoms with van der Waals surface area (Å²) in [6.07, 6.45) is 0.827. The highest BCUT2D eigenvalue weighted by Gasteiger charge is 2.22. The number of hydrogen-bond donors (Lipinski definition) is 0. The highest BCUT2D eigenvalue weighted by Crippen LogP contribution is 2.26. The van der Waals surface area contributed by atoms with E-state index >= 15 is 0 Å². The van der Waals surface area contributed by atoms with Gasteiger partial charge in [-0.2, -0.15) is 0 Å². The fourth-order valence-electron chi connectivity index (χ4n) is 2.10. The summed E-state index contributed by atoms with van der Waals surface area (Å²) >= 11 is 0. The Kier molecular flexibility index (Phi) is 5.39. The van der Waals surface area contributed by atoms with Crippen molar-refractivity contribution in [2.75, 3.05) is 7.11 Å². The molecule has 1 unspecified atom stereocenters. The van der Waals surface area contributed by atoms with Crippen LogP contribution in [0.15, 0.2) is 24.3 Å². The molecule has 1 atom stereocenters. The van der Waals surface area contributed by atoms with Gasteiger partial charge in [0.15, 0.2) is 0 Å². The first-order chi connectivity index (χ1) is 8.45. The van der Waals surface area contributed by atoms with E-state index in [1.165, 1.54) is 12.7 Å². The van der Waals surface area contributed by atoms with E-state index in [0.29, 0.717) is 11.8 Å². The fraction of sp³-hybridized carbons (Fsp3) is 0.562. The first kappa shape index (κ1) is 14.7. The molecule has 0 fully saturated rings. The summed E-state index contributed by atoms with van der Waals surface area (Å²) in [5.74, 6) is 0.705. The molecule has 0 radical (unpaired) electrons. The van der Waals surface area contributed by atoms with Crippen molar-refractivity contribution in [1.29, 1.82) is 0 Å². The topological polar surface area (TPSA) is 26.3 Å². The largest absolute Gasteiger partial charge is 0.469 e. The van der Waals surface area contributed by atoms with Gasteiger partial charge in [0.25, 0.3) is 0 Å². The summed E-state index contributed by atoms with van der Waals surface area (Å²) in [5.41, 5.74) is 2.35. The Morgan fingerprint density at radius 1 is 1.06 bits per heavy atom. The maximum atomic E-state index is 11.8. The van der Waals surface area contributed by atoms with E-state index in [9.17, 15) is 4.79 Å². The molecule has 0 amide bonds. The quantitative estimate of drug-likeness (QED) is 0.733. The third-order valence-corrected chi connectivity index (χ3v) is 3.20. The van der Waals surface area contributed by atoms with E-state index in [4.69, 9.17) is 4.74 Å². The zero-order chi connectivity index (χ0) is 13.7. The highest BCUT2D eigenvalue weighted by atomic mass is 16.5. The molecule has 0 saturated heterocycles. The molecule has 2 nitrogen and oxygen atoms in total. The van der Waals surface area contributed by atoms with Crippen LogP contribution in [0, 0.1) is 5.92 Å². The Hall–Kier alpha value is -1.31. The van der Waals surface area contributed by atoms with Crippen molar-refractivity contribution >= 4 is 5.97 Å². The zero-order valence-electron chi connectivity index (χ0n) is 12.1. The van der Waals surface area contributed by atoms with E-state index in [-0.39, 0.29) is 11.9 Å². The minimum Gasteiger partial charge on any atom is -0.469 e. The van der Waals surface area contributed by atoms with Gasteiger partial charge in [-0.15, -0.1) is 0 Å². The maximum Gasteiger partial charge on any atom is 0.313 e. The Morgan fingerprint density at radius 3 is 1.94 bits per heavy atom. The van der Waals surface area contributed by atoms with Crippen molar-refractivity contribution in [2.45, 2.75) is 46.0 Å². The lowest BCUT2D eigenvalue weighted by atomic mass is 9.89. The summed E-state index contributed by atoms with van der Waals surface area (Å²) in [6.45, 7) is 8.58. The smallest absolute Gasteiger partial charge is 0.313 e. The van der Waals surface area contributed by atoms with Crippen molar-refractivity contribution in [1.82, 2.24) is 0 Å². The number of methoxy groups -OCH3 is 1. The maximum absolute atomic E-state index is 11.8. The molecule has 1 aromatic carbocycles. The second kappa shape index (κ2) is 6.58. The molecule has 18 heavy (non-hydrogen) atoms. The molecule has 0 aliphatic carbocycles. The molecule has 0 N–H and O–H groups in total. The van der Waals surface area contributed by atoms with Gasteiger partial charge in [-0.05, 0) is 29.4 Å². The van der Waals surface area contributed by atoms with Gasteiger partial charge in [0, 0.05) is 0 Å². The number of carbonyl (C=O) groups is 1. The van der Waals surface area contributed by atoms with Gasteiger partial charge in [0.2, 0.25) is 0 Å². The summed E-state index contributed by atoms with van der Waals surface area (Å²) in [7, 11) is 1.46. The Labute approximate surface area is 110 Å². The number of carbonyl (C=O) groups excluding carboxylic acids is 1. The lowest BCUT2D eigenvalue weighted by molar-refractivity contribution is -0.142. The average molecular weight is 248 g/mol. The minimum absolute atomic E-state index is 0.138. The van der Waals surface area contributed by atoms with Crippen LogP contribution in [0.3, 0.4) is 0 Å². The van der Waals surface area contributed by atoms with Gasteiger partial charge >= 0.3 is 5.97 Å². The number of hydrogen-bond acceptors (Lipinski definition) is 2. The van der Waals surface area contributed by atoms with Gasteiger partial charge < -0.3 is 4.74 Å². The molecule has 0 spiro atoms. The van der Waals surface area contributed by atoms with Crippen molar-refractivity contribution in [3.8, 4) is 0 Å². The van der Waals surface area contributed by atoms with E-state index in [2.05, 4.69) is 52.0 Å². The predicted octanol–water partition coefficient (Wildman–Crippen LogP) is 4.11. The van der Waals surface area contributed by atoms with Crippen LogP contribution in [0.5, 0.6) is 0 Å². The van der Waals surface area contributed by atoms with Crippen molar-refractivity contribution < 1.29 is 9.53 Å². The van der Waals surface area contributed by atoms with Crippen LogP contribution in [0.2, 0.25) is 0 Å². The predicted molar refractivity (Wildman–Crippen MR) is 74.7 cm³/mol. The SMILES string of the molecule is COC(=O)C(CC(C)C)c1ccc(C(C)C)cc1. The van der Waals surface area contributed by atoms with Crippen LogP contribution in [0.1, 0.15) is 57.1 Å². The van der Waals surface area contributed by atoms with Crippen LogP contribution in [0.25, 0.3) is 0 Å². The molecule has 0 saturated carbocycles. The molecule has 0 aliphatic rings. The van der Waals surface area contributed by atoms with E-state index in [1.807, 2.05) is 0 Å². The molecule has 0 heterocycles. The number of ether oxygens (including phenoxy) is 1. The van der Waals surface area contributed by atoms with Gasteiger partial charge in [0.1, 0.15) is 0 Å². The molecule has 1 rings (SSSR count). The van der Waals surface area contributed by atoms with Crippen molar-refractivity contribution in [3.05, 3.63) is 35.4 Å². The van der Waals surface area contributed by atoms with Crippen molar-refractivity contribution in [2.24, 2.45) is 5.92 Å². The number of rotatable bonds is 5. The van der Waals surface area contributed by atoms with E-state index in [0.717, 1.165) is 12.0 Å². The summed E-state index contributed by atoms with van der Waals surface area (Å²) in [6, 6.07) is 8.32. The Morgan fingerprint density at radius 2 is 1.56 bits per heavy atom. The Bertz CT molecular complexity index is 377. The van der Waals surface area contributed by atoms with Crippen LogP contribution >= 0.6 is 0 Å². The van der Waals surface area contributed by atoms with Gasteiger partial charge in [-0.25, -0.2) is 0 Å². The third kappa shape index (κ3) is 3.86. The van der Waals surface area contributed by atoms with Crippen LogP contribution in [0.4, 0.5) is 0 Å². The van der Waals surface area contributed by atoms with Gasteiger partial charge in [-0.1, -0.05) is 52.0 Å². The molecular weight excluding hydrogens is 224 g/mol. The standard InChI is InChI=1S/C16H24O2/c1-11(2)10-15(16(17)18-5)14-8-6-13(7-9-14)12(3)4/h6-9,11-12,15H,10H2,1-5H3. The van der Waals surface area contributed by atoms with E-state index < -0.39 is 0 Å². The fourth-order valence-corrected chi connectivity index (χ4v) is 2.10. The summed E-state index contributed by atoms with van der Waals surface area (Å²) in [5, 5.41) is 0. The van der Waals surface area contributed by atoms with Crippen LogP contribution < -0.4 is 0 Å². The number of benzene rings is 1. The molecule has 1 aromatic rings. The normalized spacial score (nSPS) is 12.8. The summed E-state index contributed by atoms with van der Waals surface area (Å²) in [4.78, 5) is 11.8. The second-order valence-corrected chi connectivity index (χ2v) is 5.53. The zero-order valence-corrected chi connectivity index (χ0v) is 12.1. The molecule has 0 aliphatic heterocycles. The Balaban J connectivity index is 2.94. The van der Waals surface area contributed by atoms with Crippen molar-refractivity contribution in [3.63, 3.8) is 0 Å². The lowest BCUT2D eigenvalue weighted by Gasteiger charge is -2.18. The number of esters is 1. The van der Waals surface area contributed by atoms with Gasteiger partial charge in [-0.3, -0.25) is 4.79 Å². The second-order valence-electron chi connectivity index (χ2n) is 5.53. The van der Waals surface area contributed by atoms with Gasteiger partial charge in [0.05, 0.1) is 13.0 Å².